The highest BCUT2D eigenvalue weighted by molar-refractivity contribution is 9.10. The summed E-state index contributed by atoms with van der Waals surface area (Å²) in [5, 5.41) is 2.50. The van der Waals surface area contributed by atoms with Gasteiger partial charge in [-0.15, -0.1) is 0 Å². The van der Waals surface area contributed by atoms with Gasteiger partial charge in [-0.2, -0.15) is 0 Å². The van der Waals surface area contributed by atoms with Crippen LogP contribution in [-0.4, -0.2) is 9.97 Å². The Morgan fingerprint density at radius 2 is 1.37 bits per heavy atom. The van der Waals surface area contributed by atoms with Gasteiger partial charge in [0.15, 0.2) is 0 Å². The first kappa shape index (κ1) is 18.4. The van der Waals surface area contributed by atoms with Crippen LogP contribution in [0.5, 0.6) is 0 Å². The van der Waals surface area contributed by atoms with Gasteiger partial charge in [-0.25, -0.2) is 0 Å². The normalized spacial score (nSPS) is 13.0. The molecule has 2 aromatic carbocycles. The van der Waals surface area contributed by atoms with Crippen LogP contribution in [0, 0.1) is 0 Å². The second-order valence-electron chi connectivity index (χ2n) is 9.57. The van der Waals surface area contributed by atoms with Crippen molar-refractivity contribution < 1.29 is 0 Å². The van der Waals surface area contributed by atoms with E-state index in [9.17, 15) is 0 Å². The zero-order valence-electron chi connectivity index (χ0n) is 16.9. The fraction of sp³-hybridized carbons (Fsp3) is 0.333. The molecule has 0 amide bonds. The Bertz CT molecular complexity index is 1150. The molecule has 0 unspecified atom stereocenters. The molecule has 0 saturated carbocycles. The smallest absolute Gasteiger partial charge is 0.0603 e. The Kier molecular flexibility index (Phi) is 4.08. The molecule has 140 valence electrons. The van der Waals surface area contributed by atoms with Crippen LogP contribution >= 0.6 is 15.9 Å². The van der Waals surface area contributed by atoms with Crippen LogP contribution in [0.3, 0.4) is 0 Å². The Hall–Kier alpha value is -2.00. The lowest BCUT2D eigenvalue weighted by Gasteiger charge is -2.20. The summed E-state index contributed by atoms with van der Waals surface area (Å²) in [6.07, 6.45) is 2.02. The molecule has 0 aliphatic rings. The average molecular weight is 423 g/mol. The van der Waals surface area contributed by atoms with E-state index in [0.717, 1.165) is 15.7 Å². The van der Waals surface area contributed by atoms with E-state index in [4.69, 9.17) is 0 Å². The monoisotopic (exact) mass is 422 g/mol. The predicted molar refractivity (Wildman–Crippen MR) is 121 cm³/mol. The third-order valence-electron chi connectivity index (χ3n) is 5.36. The van der Waals surface area contributed by atoms with Gasteiger partial charge in [-0.05, 0) is 74.3 Å². The van der Waals surface area contributed by atoms with Crippen molar-refractivity contribution in [3.8, 4) is 11.3 Å². The summed E-state index contributed by atoms with van der Waals surface area (Å²) >= 11 is 3.78. The molecule has 2 N–H and O–H groups in total. The van der Waals surface area contributed by atoms with Crippen LogP contribution in [0.2, 0.25) is 0 Å². The lowest BCUT2D eigenvalue weighted by Crippen LogP contribution is -2.11. The molecular weight excluding hydrogens is 396 g/mol. The molecule has 0 fully saturated rings. The summed E-state index contributed by atoms with van der Waals surface area (Å²) in [6, 6.07) is 13.6. The van der Waals surface area contributed by atoms with Crippen LogP contribution in [0.1, 0.15) is 52.7 Å². The van der Waals surface area contributed by atoms with Crippen LogP contribution in [0.4, 0.5) is 0 Å². The van der Waals surface area contributed by atoms with Gasteiger partial charge in [0.2, 0.25) is 0 Å². The lowest BCUT2D eigenvalue weighted by atomic mass is 9.85. The van der Waals surface area contributed by atoms with Crippen molar-refractivity contribution >= 4 is 37.7 Å². The molecule has 4 aromatic rings. The molecule has 2 nitrogen and oxygen atoms in total. The molecule has 3 heteroatoms. The minimum Gasteiger partial charge on any atom is -0.361 e. The van der Waals surface area contributed by atoms with Crippen molar-refractivity contribution in [1.29, 1.82) is 0 Å². The first-order chi connectivity index (χ1) is 12.5. The number of benzene rings is 2. The summed E-state index contributed by atoms with van der Waals surface area (Å²) in [5.41, 5.74) is 7.61. The highest BCUT2D eigenvalue weighted by atomic mass is 79.9. The molecule has 0 spiro atoms. The van der Waals surface area contributed by atoms with E-state index >= 15 is 0 Å². The minimum atomic E-state index is 0.103. The highest BCUT2D eigenvalue weighted by Gasteiger charge is 2.20. The van der Waals surface area contributed by atoms with Gasteiger partial charge in [0.25, 0.3) is 0 Å². The SMILES string of the molecule is CC(C)(C)c1cc(Br)c2[nH]c(-c3cc(C(C)(C)C)cc4cc[nH]c34)cc2c1. The number of rotatable bonds is 1. The number of hydrogen-bond donors (Lipinski definition) is 2. The van der Waals surface area contributed by atoms with Gasteiger partial charge in [0, 0.05) is 32.7 Å². The number of fused-ring (bicyclic) bond motifs is 2. The van der Waals surface area contributed by atoms with Crippen molar-refractivity contribution in [3.05, 3.63) is 58.2 Å². The van der Waals surface area contributed by atoms with Crippen molar-refractivity contribution in [3.63, 3.8) is 0 Å². The number of aromatic amines is 2. The number of halogens is 1. The number of nitrogens with one attached hydrogen (secondary N) is 2. The molecule has 0 bridgehead atoms. The molecule has 4 rings (SSSR count). The predicted octanol–water partition coefficient (Wildman–Crippen LogP) is 7.67. The molecule has 2 aromatic heterocycles. The molecule has 0 saturated heterocycles. The van der Waals surface area contributed by atoms with Gasteiger partial charge in [-0.1, -0.05) is 41.5 Å². The molecule has 27 heavy (non-hydrogen) atoms. The van der Waals surface area contributed by atoms with Crippen LogP contribution in [-0.2, 0) is 10.8 Å². The van der Waals surface area contributed by atoms with Crippen LogP contribution < -0.4 is 0 Å². The zero-order chi connectivity index (χ0) is 19.6. The van der Waals surface area contributed by atoms with Crippen molar-refractivity contribution in [2.24, 2.45) is 0 Å². The molecule has 0 aliphatic carbocycles. The van der Waals surface area contributed by atoms with Gasteiger partial charge < -0.3 is 9.97 Å². The van der Waals surface area contributed by atoms with Gasteiger partial charge in [0.1, 0.15) is 0 Å². The first-order valence-corrected chi connectivity index (χ1v) is 10.3. The third-order valence-corrected chi connectivity index (χ3v) is 5.99. The van der Waals surface area contributed by atoms with Gasteiger partial charge >= 0.3 is 0 Å². The van der Waals surface area contributed by atoms with Crippen LogP contribution in [0.25, 0.3) is 33.1 Å². The van der Waals surface area contributed by atoms with E-state index in [1.165, 1.54) is 33.0 Å². The third kappa shape index (κ3) is 3.23. The number of aromatic nitrogens is 2. The van der Waals surface area contributed by atoms with Crippen molar-refractivity contribution in [1.82, 2.24) is 9.97 Å². The lowest BCUT2D eigenvalue weighted by molar-refractivity contribution is 0.590. The van der Waals surface area contributed by atoms with Crippen molar-refractivity contribution in [2.45, 2.75) is 52.4 Å². The maximum absolute atomic E-state index is 3.78. The molecule has 0 atom stereocenters. The number of hydrogen-bond acceptors (Lipinski definition) is 0. The Morgan fingerprint density at radius 1 is 0.741 bits per heavy atom. The van der Waals surface area contributed by atoms with E-state index in [1.54, 1.807) is 0 Å². The first-order valence-electron chi connectivity index (χ1n) is 9.49. The molecule has 2 heterocycles. The van der Waals surface area contributed by atoms with Crippen LogP contribution in [0.15, 0.2) is 47.1 Å². The van der Waals surface area contributed by atoms with E-state index < -0.39 is 0 Å². The fourth-order valence-corrected chi connectivity index (χ4v) is 4.17. The largest absolute Gasteiger partial charge is 0.361 e. The molecular formula is C24H27BrN2. The van der Waals surface area contributed by atoms with E-state index in [0.29, 0.717) is 0 Å². The second-order valence-corrected chi connectivity index (χ2v) is 10.4. The molecule has 0 aliphatic heterocycles. The van der Waals surface area contributed by atoms with Crippen molar-refractivity contribution in [2.75, 3.05) is 0 Å². The Morgan fingerprint density at radius 3 is 2.04 bits per heavy atom. The Balaban J connectivity index is 1.97. The summed E-state index contributed by atoms with van der Waals surface area (Å²) in [4.78, 5) is 7.08. The summed E-state index contributed by atoms with van der Waals surface area (Å²) < 4.78 is 1.12. The Labute approximate surface area is 169 Å². The zero-order valence-corrected chi connectivity index (χ0v) is 18.5. The van der Waals surface area contributed by atoms with Gasteiger partial charge in [-0.3, -0.25) is 0 Å². The minimum absolute atomic E-state index is 0.103. The summed E-state index contributed by atoms with van der Waals surface area (Å²) in [7, 11) is 0. The number of H-pyrrole nitrogens is 2. The summed E-state index contributed by atoms with van der Waals surface area (Å²) in [6.45, 7) is 13.6. The average Bonchev–Trinajstić information content (AvgIpc) is 3.18. The highest BCUT2D eigenvalue weighted by Crippen LogP contribution is 2.37. The topological polar surface area (TPSA) is 31.6 Å². The maximum Gasteiger partial charge on any atom is 0.0603 e. The summed E-state index contributed by atoms with van der Waals surface area (Å²) in [5.74, 6) is 0. The quantitative estimate of drug-likeness (QED) is 0.315. The van der Waals surface area contributed by atoms with E-state index in [-0.39, 0.29) is 10.8 Å². The second kappa shape index (κ2) is 6.00. The van der Waals surface area contributed by atoms with Gasteiger partial charge in [0.05, 0.1) is 11.0 Å². The van der Waals surface area contributed by atoms with E-state index in [2.05, 4.69) is 104 Å². The van der Waals surface area contributed by atoms with E-state index in [1.807, 2.05) is 6.20 Å². The fourth-order valence-electron chi connectivity index (χ4n) is 3.60. The maximum atomic E-state index is 3.78. The molecule has 0 radical (unpaired) electrons. The standard InChI is InChI=1S/C24H27BrN2/c1-23(2,3)16-9-14-7-8-26-21(14)18(12-16)20-11-15-10-17(24(4,5)6)13-19(25)22(15)27-20/h7-13,26-27H,1-6H3.